The van der Waals surface area contributed by atoms with E-state index in [2.05, 4.69) is 25.0 Å². The molecule has 0 radical (unpaired) electrons. The first-order chi connectivity index (χ1) is 20.6. The van der Waals surface area contributed by atoms with Crippen LogP contribution in [0.25, 0.3) is 11.2 Å². The van der Waals surface area contributed by atoms with E-state index in [0.29, 0.717) is 24.2 Å². The van der Waals surface area contributed by atoms with Crippen LogP contribution in [0.1, 0.15) is 62.3 Å². The van der Waals surface area contributed by atoms with Crippen molar-refractivity contribution >= 4 is 31.2 Å². The largest absolute Gasteiger partial charge is 0.308 e. The zero-order valence-electron chi connectivity index (χ0n) is 23.3. The maximum atomic E-state index is 13.7. The Balaban J connectivity index is 1.14. The van der Waals surface area contributed by atoms with Crippen molar-refractivity contribution < 1.29 is 21.2 Å². The molecule has 4 aromatic rings. The summed E-state index contributed by atoms with van der Waals surface area (Å²) >= 11 is 0. The summed E-state index contributed by atoms with van der Waals surface area (Å²) in [5, 5.41) is 7.96. The first-order valence-electron chi connectivity index (χ1n) is 14.3. The lowest BCUT2D eigenvalue weighted by molar-refractivity contribution is 0.313. The lowest BCUT2D eigenvalue weighted by Crippen LogP contribution is -2.38. The molecule has 1 aliphatic heterocycles. The van der Waals surface area contributed by atoms with Crippen LogP contribution in [0, 0.1) is 5.82 Å². The highest BCUT2D eigenvalue weighted by Crippen LogP contribution is 2.30. The minimum Gasteiger partial charge on any atom is -0.308 e. The number of hydrogen-bond donors (Lipinski definition) is 2. The van der Waals surface area contributed by atoms with Gasteiger partial charge >= 0.3 is 0 Å². The number of sulfonamides is 2. The number of fused-ring (bicyclic) bond motifs is 1. The summed E-state index contributed by atoms with van der Waals surface area (Å²) < 4.78 is 71.6. The quantitative estimate of drug-likeness (QED) is 0.301. The van der Waals surface area contributed by atoms with Crippen molar-refractivity contribution in [1.82, 2.24) is 34.0 Å². The monoisotopic (exact) mass is 629 g/mol. The van der Waals surface area contributed by atoms with Crippen LogP contribution in [0.5, 0.6) is 0 Å². The second-order valence-corrected chi connectivity index (χ2v) is 14.8. The van der Waals surface area contributed by atoms with Crippen LogP contribution >= 0.6 is 0 Å². The fourth-order valence-corrected chi connectivity index (χ4v) is 8.58. The summed E-state index contributed by atoms with van der Waals surface area (Å²) in [5.41, 5.74) is 0.527. The maximum absolute atomic E-state index is 13.7. The lowest BCUT2D eigenvalue weighted by Gasteiger charge is -2.30. The number of nitrogens with one attached hydrogen (secondary N) is 2. The van der Waals surface area contributed by atoms with E-state index >= 15 is 0 Å². The zero-order chi connectivity index (χ0) is 30.2. The van der Waals surface area contributed by atoms with Crippen molar-refractivity contribution in [2.75, 3.05) is 13.1 Å². The molecule has 2 aromatic heterocycles. The molecule has 15 heteroatoms. The predicted molar refractivity (Wildman–Crippen MR) is 156 cm³/mol. The number of H-pyrrole nitrogens is 1. The number of halogens is 1. The molecule has 228 valence electrons. The van der Waals surface area contributed by atoms with Gasteiger partial charge in [0, 0.05) is 25.0 Å². The molecule has 0 bridgehead atoms. The van der Waals surface area contributed by atoms with Gasteiger partial charge in [0.15, 0.2) is 11.2 Å². The van der Waals surface area contributed by atoms with Crippen LogP contribution in [-0.2, 0) is 26.6 Å². The van der Waals surface area contributed by atoms with E-state index in [0.717, 1.165) is 32.1 Å². The molecule has 1 saturated carbocycles. The Bertz CT molecular complexity index is 1900. The third kappa shape index (κ3) is 6.25. The summed E-state index contributed by atoms with van der Waals surface area (Å²) in [6.07, 6.45) is 5.50. The van der Waals surface area contributed by atoms with E-state index in [1.54, 1.807) is 12.1 Å². The standard InChI is InChI=1S/C28H32FN7O5S2/c29-21-6-4-5-19(17-21)18-36-27-25(32-34-36)28(37)31-26(30-27)20-13-15-35(16-14-20)43(40,41)24-11-9-23(10-12-24)42(38,39)33-22-7-2-1-3-8-22/h4-6,9-12,17,20,22,33H,1-3,7-8,13-16,18H2,(H,30,31,37). The normalized spacial score (nSPS) is 17.9. The Hall–Kier alpha value is -3.53. The van der Waals surface area contributed by atoms with Crippen molar-refractivity contribution in [3.63, 3.8) is 0 Å². The average Bonchev–Trinajstić information content (AvgIpc) is 3.40. The van der Waals surface area contributed by atoms with Gasteiger partial charge in [0.25, 0.3) is 5.56 Å². The van der Waals surface area contributed by atoms with Crippen molar-refractivity contribution in [1.29, 1.82) is 0 Å². The lowest BCUT2D eigenvalue weighted by atomic mass is 9.96. The first kappa shape index (κ1) is 29.5. The highest BCUT2D eigenvalue weighted by Gasteiger charge is 2.32. The van der Waals surface area contributed by atoms with Gasteiger partial charge in [0.1, 0.15) is 11.6 Å². The van der Waals surface area contributed by atoms with Crippen molar-refractivity contribution in [3.05, 3.63) is 76.1 Å². The van der Waals surface area contributed by atoms with Gasteiger partial charge in [-0.2, -0.15) is 4.31 Å². The van der Waals surface area contributed by atoms with Crippen LogP contribution in [0.15, 0.2) is 63.1 Å². The van der Waals surface area contributed by atoms with Gasteiger partial charge in [0.2, 0.25) is 20.0 Å². The molecule has 1 saturated heterocycles. The molecule has 12 nitrogen and oxygen atoms in total. The maximum Gasteiger partial charge on any atom is 0.281 e. The Morgan fingerprint density at radius 2 is 1.63 bits per heavy atom. The zero-order valence-corrected chi connectivity index (χ0v) is 24.9. The van der Waals surface area contributed by atoms with E-state index in [1.165, 1.54) is 45.4 Å². The fourth-order valence-electron chi connectivity index (χ4n) is 5.81. The molecule has 2 aliphatic rings. The van der Waals surface area contributed by atoms with E-state index in [4.69, 9.17) is 0 Å². The second kappa shape index (κ2) is 11.9. The number of benzene rings is 2. The number of rotatable bonds is 8. The number of aromatic amines is 1. The van der Waals surface area contributed by atoms with Gasteiger partial charge in [-0.25, -0.2) is 35.6 Å². The Morgan fingerprint density at radius 3 is 2.33 bits per heavy atom. The molecule has 1 aliphatic carbocycles. The molecule has 43 heavy (non-hydrogen) atoms. The predicted octanol–water partition coefficient (Wildman–Crippen LogP) is 2.88. The SMILES string of the molecule is O=c1[nH]c(C2CCN(S(=O)(=O)c3ccc(S(=O)(=O)NC4CCCCC4)cc3)CC2)nc2c1nnn2Cc1cccc(F)c1. The minimum atomic E-state index is -3.86. The highest BCUT2D eigenvalue weighted by molar-refractivity contribution is 7.89. The molecule has 3 heterocycles. The molecule has 2 N–H and O–H groups in total. The minimum absolute atomic E-state index is 0.0165. The molecule has 2 fully saturated rings. The summed E-state index contributed by atoms with van der Waals surface area (Å²) in [7, 11) is -7.61. The summed E-state index contributed by atoms with van der Waals surface area (Å²) in [5.74, 6) is -0.181. The van der Waals surface area contributed by atoms with Crippen molar-refractivity contribution in [3.8, 4) is 0 Å². The molecule has 0 atom stereocenters. The smallest absolute Gasteiger partial charge is 0.281 e. The second-order valence-electron chi connectivity index (χ2n) is 11.1. The number of nitrogens with zero attached hydrogens (tertiary/aromatic N) is 5. The number of aromatic nitrogens is 5. The van der Waals surface area contributed by atoms with E-state index in [9.17, 15) is 26.0 Å². The summed E-state index contributed by atoms with van der Waals surface area (Å²) in [4.78, 5) is 20.2. The fraction of sp³-hybridized carbons (Fsp3) is 0.429. The summed E-state index contributed by atoms with van der Waals surface area (Å²) in [6.45, 7) is 0.565. The molecular formula is C28H32FN7O5S2. The highest BCUT2D eigenvalue weighted by atomic mass is 32.2. The Kier molecular flexibility index (Phi) is 8.15. The van der Waals surface area contributed by atoms with Gasteiger partial charge in [-0.1, -0.05) is 36.6 Å². The topological polar surface area (TPSA) is 160 Å². The van der Waals surface area contributed by atoms with Crippen LogP contribution in [0.2, 0.25) is 0 Å². The first-order valence-corrected chi connectivity index (χ1v) is 17.2. The third-order valence-electron chi connectivity index (χ3n) is 8.15. The van der Waals surface area contributed by atoms with Crippen LogP contribution in [0.4, 0.5) is 4.39 Å². The van der Waals surface area contributed by atoms with Crippen LogP contribution < -0.4 is 10.3 Å². The van der Waals surface area contributed by atoms with Crippen LogP contribution in [-0.4, -0.2) is 65.2 Å². The molecule has 2 aromatic carbocycles. The molecule has 0 unspecified atom stereocenters. The average molecular weight is 630 g/mol. The van der Waals surface area contributed by atoms with Gasteiger partial charge < -0.3 is 4.98 Å². The van der Waals surface area contributed by atoms with Crippen molar-refractivity contribution in [2.24, 2.45) is 0 Å². The summed E-state index contributed by atoms with van der Waals surface area (Å²) in [6, 6.07) is 11.3. The van der Waals surface area contributed by atoms with E-state index < -0.39 is 25.6 Å². The van der Waals surface area contributed by atoms with Crippen molar-refractivity contribution in [2.45, 2.75) is 73.2 Å². The van der Waals surface area contributed by atoms with Gasteiger partial charge in [-0.15, -0.1) is 5.10 Å². The van der Waals surface area contributed by atoms with Crippen LogP contribution in [0.3, 0.4) is 0 Å². The van der Waals surface area contributed by atoms with E-state index in [-0.39, 0.29) is 58.4 Å². The van der Waals surface area contributed by atoms with Gasteiger partial charge in [-0.05, 0) is 67.6 Å². The Morgan fingerprint density at radius 1 is 0.930 bits per heavy atom. The van der Waals surface area contributed by atoms with Gasteiger partial charge in [-0.3, -0.25) is 4.79 Å². The number of hydrogen-bond acceptors (Lipinski definition) is 8. The third-order valence-corrected chi connectivity index (χ3v) is 11.6. The van der Waals surface area contributed by atoms with Gasteiger partial charge in [0.05, 0.1) is 16.3 Å². The van der Waals surface area contributed by atoms with E-state index in [1.807, 2.05) is 0 Å². The Labute approximate surface area is 248 Å². The number of piperidine rings is 1. The molecule has 6 rings (SSSR count). The molecule has 0 spiro atoms. The molecule has 0 amide bonds. The molecular weight excluding hydrogens is 597 g/mol.